The van der Waals surface area contributed by atoms with Crippen molar-refractivity contribution in [2.75, 3.05) is 20.3 Å². The van der Waals surface area contributed by atoms with Crippen LogP contribution in [-0.4, -0.2) is 43.1 Å². The van der Waals surface area contributed by atoms with Crippen LogP contribution in [0.15, 0.2) is 84.6 Å². The van der Waals surface area contributed by atoms with E-state index in [-0.39, 0.29) is 11.8 Å². The van der Waals surface area contributed by atoms with Crippen molar-refractivity contribution in [1.82, 2.24) is 4.90 Å². The number of benzene rings is 3. The Hall–Kier alpha value is -4.37. The number of amides is 1. The van der Waals surface area contributed by atoms with E-state index >= 15 is 4.79 Å². The highest BCUT2D eigenvalue weighted by molar-refractivity contribution is 5.99. The summed E-state index contributed by atoms with van der Waals surface area (Å²) in [5, 5.41) is 11.2. The fourth-order valence-corrected chi connectivity index (χ4v) is 8.09. The molecule has 0 aromatic heterocycles. The van der Waals surface area contributed by atoms with Crippen LogP contribution in [0.25, 0.3) is 0 Å². The van der Waals surface area contributed by atoms with Crippen molar-refractivity contribution in [3.8, 4) is 6.07 Å². The van der Waals surface area contributed by atoms with E-state index in [1.54, 1.807) is 4.90 Å². The Morgan fingerprint density at radius 3 is 2.15 bits per heavy atom. The number of allylic oxidation sites excluding steroid dienone is 1. The number of ether oxygens (including phenoxy) is 2. The SMILES string of the molecule is CCOC1=C[C@H]2c3ccccc3[C@]1(C(=O)N1CCC[C@H]1C(=O)OC)C1c3ccccc3C2(C#N)c2ccccc21. The molecule has 0 saturated carbocycles. The zero-order valence-corrected chi connectivity index (χ0v) is 22.6. The van der Waals surface area contributed by atoms with Gasteiger partial charge < -0.3 is 14.4 Å². The lowest BCUT2D eigenvalue weighted by molar-refractivity contribution is -0.153. The van der Waals surface area contributed by atoms with Crippen molar-refractivity contribution < 1.29 is 19.1 Å². The second-order valence-electron chi connectivity index (χ2n) is 11.0. The monoisotopic (exact) mass is 530 g/mol. The first-order valence-electron chi connectivity index (χ1n) is 14.0. The van der Waals surface area contributed by atoms with Gasteiger partial charge in [-0.3, -0.25) is 4.79 Å². The highest BCUT2D eigenvalue weighted by Crippen LogP contribution is 2.66. The number of carbonyl (C=O) groups excluding carboxylic acids is 2. The van der Waals surface area contributed by atoms with E-state index in [2.05, 4.69) is 18.2 Å². The number of rotatable bonds is 4. The van der Waals surface area contributed by atoms with Crippen molar-refractivity contribution >= 4 is 11.9 Å². The maximum atomic E-state index is 15.4. The van der Waals surface area contributed by atoms with Gasteiger partial charge in [-0.25, -0.2) is 4.79 Å². The van der Waals surface area contributed by atoms with Gasteiger partial charge in [-0.2, -0.15) is 5.26 Å². The van der Waals surface area contributed by atoms with Crippen LogP contribution in [0, 0.1) is 11.3 Å². The summed E-state index contributed by atoms with van der Waals surface area (Å²) < 4.78 is 11.6. The topological polar surface area (TPSA) is 79.6 Å². The molecular formula is C34H30N2O4. The highest BCUT2D eigenvalue weighted by Gasteiger charge is 2.66. The zero-order valence-electron chi connectivity index (χ0n) is 22.6. The third-order valence-electron chi connectivity index (χ3n) is 9.52. The van der Waals surface area contributed by atoms with Crippen LogP contribution in [0.1, 0.15) is 65.0 Å². The van der Waals surface area contributed by atoms with Crippen molar-refractivity contribution in [2.24, 2.45) is 0 Å². The molecule has 0 unspecified atom stereocenters. The van der Waals surface area contributed by atoms with Crippen molar-refractivity contribution in [1.29, 1.82) is 5.26 Å². The molecule has 1 heterocycles. The molecule has 3 aromatic rings. The van der Waals surface area contributed by atoms with Gasteiger partial charge in [0.15, 0.2) is 0 Å². The predicted molar refractivity (Wildman–Crippen MR) is 148 cm³/mol. The summed E-state index contributed by atoms with van der Waals surface area (Å²) in [6, 6.07) is 26.3. The molecule has 1 fully saturated rings. The summed E-state index contributed by atoms with van der Waals surface area (Å²) >= 11 is 0. The van der Waals surface area contributed by atoms with Gasteiger partial charge in [0.2, 0.25) is 5.91 Å². The molecule has 40 heavy (non-hydrogen) atoms. The fourth-order valence-electron chi connectivity index (χ4n) is 8.09. The second-order valence-corrected chi connectivity index (χ2v) is 11.0. The van der Waals surface area contributed by atoms with Crippen LogP contribution in [0.3, 0.4) is 0 Å². The van der Waals surface area contributed by atoms with E-state index in [0.29, 0.717) is 25.3 Å². The molecule has 4 aliphatic carbocycles. The lowest BCUT2D eigenvalue weighted by Crippen LogP contribution is -2.60. The average Bonchev–Trinajstić information content (AvgIpc) is 3.49. The van der Waals surface area contributed by atoms with E-state index in [9.17, 15) is 10.1 Å². The third-order valence-corrected chi connectivity index (χ3v) is 9.52. The van der Waals surface area contributed by atoms with E-state index in [1.807, 2.05) is 73.7 Å². The normalized spacial score (nSPS) is 28.8. The molecule has 3 aromatic carbocycles. The summed E-state index contributed by atoms with van der Waals surface area (Å²) in [5.41, 5.74) is 3.29. The summed E-state index contributed by atoms with van der Waals surface area (Å²) in [6.07, 6.45) is 3.31. The lowest BCUT2D eigenvalue weighted by atomic mass is 9.45. The number of hydrogen-bond acceptors (Lipinski definition) is 5. The van der Waals surface area contributed by atoms with Gasteiger partial charge in [-0.1, -0.05) is 72.8 Å². The number of likely N-dealkylation sites (tertiary alicyclic amines) is 1. The van der Waals surface area contributed by atoms with Gasteiger partial charge in [0, 0.05) is 18.4 Å². The largest absolute Gasteiger partial charge is 0.497 e. The molecule has 1 saturated heterocycles. The number of esters is 1. The highest BCUT2D eigenvalue weighted by atomic mass is 16.5. The van der Waals surface area contributed by atoms with Crippen LogP contribution in [0.2, 0.25) is 0 Å². The Balaban J connectivity index is 1.64. The van der Waals surface area contributed by atoms with Gasteiger partial charge in [0.25, 0.3) is 0 Å². The van der Waals surface area contributed by atoms with Gasteiger partial charge in [-0.15, -0.1) is 0 Å². The molecule has 5 aliphatic rings. The van der Waals surface area contributed by atoms with E-state index in [4.69, 9.17) is 9.47 Å². The fraction of sp³-hybridized carbons (Fsp3) is 0.324. The summed E-state index contributed by atoms with van der Waals surface area (Å²) in [4.78, 5) is 30.1. The summed E-state index contributed by atoms with van der Waals surface area (Å²) in [6.45, 7) is 2.75. The van der Waals surface area contributed by atoms with E-state index < -0.39 is 28.8 Å². The van der Waals surface area contributed by atoms with Crippen LogP contribution >= 0.6 is 0 Å². The van der Waals surface area contributed by atoms with Gasteiger partial charge in [0.1, 0.15) is 22.6 Å². The molecule has 3 atom stereocenters. The molecule has 0 radical (unpaired) electrons. The van der Waals surface area contributed by atoms with E-state index in [1.165, 1.54) is 7.11 Å². The van der Waals surface area contributed by atoms with Crippen LogP contribution in [-0.2, 0) is 29.9 Å². The zero-order chi connectivity index (χ0) is 27.6. The third kappa shape index (κ3) is 2.82. The number of nitrogens with zero attached hydrogens (tertiary/aromatic N) is 2. The van der Waals surface area contributed by atoms with E-state index in [0.717, 1.165) is 39.8 Å². The molecule has 8 rings (SSSR count). The smallest absolute Gasteiger partial charge is 0.328 e. The molecule has 0 N–H and O–H groups in total. The number of nitriles is 1. The van der Waals surface area contributed by atoms with Gasteiger partial charge in [-0.05, 0) is 59.2 Å². The first-order valence-corrected chi connectivity index (χ1v) is 14.0. The molecule has 1 aliphatic heterocycles. The Morgan fingerprint density at radius 2 is 1.55 bits per heavy atom. The average molecular weight is 531 g/mol. The second kappa shape index (κ2) is 8.82. The minimum atomic E-state index is -1.27. The Morgan fingerprint density at radius 1 is 0.950 bits per heavy atom. The minimum absolute atomic E-state index is 0.160. The summed E-state index contributed by atoms with van der Waals surface area (Å²) in [5.74, 6) is -0.840. The van der Waals surface area contributed by atoms with Crippen molar-refractivity contribution in [2.45, 2.75) is 48.5 Å². The minimum Gasteiger partial charge on any atom is -0.497 e. The first-order chi connectivity index (χ1) is 19.5. The molecule has 200 valence electrons. The van der Waals surface area contributed by atoms with Gasteiger partial charge in [0.05, 0.1) is 19.8 Å². The molecule has 0 spiro atoms. The standard InChI is InChI=1S/C34H30N2O4/c1-3-40-29-19-27-21-11-4-9-16-26(21)34(29,32(38)36-18-10-17-28(36)31(37)39-2)30-22-12-5-7-14-24(22)33(27,20-35)25-15-8-6-13-23(25)30/h4-9,11-16,19,27-28,30H,3,10,17-18H2,1-2H3/t27-,28-,30?,33?,34+/m0/s1. The molecule has 4 bridgehead atoms. The predicted octanol–water partition coefficient (Wildman–Crippen LogP) is 5.07. The quantitative estimate of drug-likeness (QED) is 0.440. The Labute approximate surface area is 233 Å². The number of hydrogen-bond donors (Lipinski definition) is 0. The Kier molecular flexibility index (Phi) is 5.44. The maximum Gasteiger partial charge on any atom is 0.328 e. The van der Waals surface area contributed by atoms with Crippen LogP contribution in [0.5, 0.6) is 0 Å². The first kappa shape index (κ1) is 24.7. The number of carbonyl (C=O) groups is 2. The van der Waals surface area contributed by atoms with Gasteiger partial charge >= 0.3 is 5.97 Å². The molecule has 6 heteroatoms. The van der Waals surface area contributed by atoms with Crippen molar-refractivity contribution in [3.63, 3.8) is 0 Å². The van der Waals surface area contributed by atoms with Crippen LogP contribution < -0.4 is 0 Å². The lowest BCUT2D eigenvalue weighted by Gasteiger charge is -2.56. The maximum absolute atomic E-state index is 15.4. The Bertz CT molecular complexity index is 1590. The molecule has 6 nitrogen and oxygen atoms in total. The molecule has 1 amide bonds. The van der Waals surface area contributed by atoms with Crippen LogP contribution in [0.4, 0.5) is 0 Å². The number of methoxy groups -OCH3 is 1. The summed E-state index contributed by atoms with van der Waals surface area (Å²) in [7, 11) is 1.37. The van der Waals surface area contributed by atoms with Crippen molar-refractivity contribution in [3.05, 3.63) is 118 Å². The molecular weight excluding hydrogens is 500 g/mol.